The topological polar surface area (TPSA) is 55.6 Å². The second kappa shape index (κ2) is 6.63. The van der Waals surface area contributed by atoms with Crippen molar-refractivity contribution < 1.29 is 18.3 Å². The third-order valence-electron chi connectivity index (χ3n) is 4.68. The number of oxazole rings is 1. The van der Waals surface area contributed by atoms with Gasteiger partial charge in [0.05, 0.1) is 24.8 Å². The van der Waals surface area contributed by atoms with Gasteiger partial charge < -0.3 is 14.1 Å². The first kappa shape index (κ1) is 16.3. The standard InChI is InChI=1S/C20H17FN2O3/c1-25-18-10-13(6-7-16(18)19-11-22-12-26-19)23-9-8-15(20(23)24)14-4-2-3-5-17(14)21/h2-7,10-12,15H,8-9H2,1H3/t15-/m1/s1. The zero-order valence-electron chi connectivity index (χ0n) is 14.2. The minimum absolute atomic E-state index is 0.107. The number of benzene rings is 2. The van der Waals surface area contributed by atoms with Crippen molar-refractivity contribution >= 4 is 11.6 Å². The fourth-order valence-corrected chi connectivity index (χ4v) is 3.38. The van der Waals surface area contributed by atoms with Crippen LogP contribution >= 0.6 is 0 Å². The van der Waals surface area contributed by atoms with Crippen molar-refractivity contribution in [1.29, 1.82) is 0 Å². The molecule has 0 radical (unpaired) electrons. The van der Waals surface area contributed by atoms with E-state index in [1.165, 1.54) is 12.5 Å². The highest BCUT2D eigenvalue weighted by atomic mass is 19.1. The summed E-state index contributed by atoms with van der Waals surface area (Å²) in [4.78, 5) is 18.4. The van der Waals surface area contributed by atoms with E-state index in [4.69, 9.17) is 9.15 Å². The Labute approximate surface area is 150 Å². The molecular formula is C20H17FN2O3. The summed E-state index contributed by atoms with van der Waals surface area (Å²) in [5.41, 5.74) is 1.92. The molecule has 132 valence electrons. The summed E-state index contributed by atoms with van der Waals surface area (Å²) >= 11 is 0. The number of rotatable bonds is 4. The Bertz CT molecular complexity index is 940. The summed E-state index contributed by atoms with van der Waals surface area (Å²) in [6.45, 7) is 0.530. The van der Waals surface area contributed by atoms with Gasteiger partial charge >= 0.3 is 0 Å². The Morgan fingerprint density at radius 2 is 2.12 bits per heavy atom. The third kappa shape index (κ3) is 2.73. The Kier molecular flexibility index (Phi) is 4.16. The number of halogens is 1. The highest BCUT2D eigenvalue weighted by molar-refractivity contribution is 6.00. The first-order chi connectivity index (χ1) is 12.7. The fraction of sp³-hybridized carbons (Fsp3) is 0.200. The van der Waals surface area contributed by atoms with E-state index in [0.717, 1.165) is 5.56 Å². The maximum atomic E-state index is 14.1. The van der Waals surface area contributed by atoms with Crippen LogP contribution in [0.2, 0.25) is 0 Å². The number of ether oxygens (including phenoxy) is 1. The molecule has 2 heterocycles. The second-order valence-electron chi connectivity index (χ2n) is 6.10. The minimum Gasteiger partial charge on any atom is -0.496 e. The molecule has 5 nitrogen and oxygen atoms in total. The number of hydrogen-bond acceptors (Lipinski definition) is 4. The van der Waals surface area contributed by atoms with Gasteiger partial charge in [0.2, 0.25) is 5.91 Å². The quantitative estimate of drug-likeness (QED) is 0.712. The monoisotopic (exact) mass is 352 g/mol. The van der Waals surface area contributed by atoms with E-state index in [-0.39, 0.29) is 11.7 Å². The molecule has 1 aliphatic heterocycles. The lowest BCUT2D eigenvalue weighted by Gasteiger charge is -2.19. The highest BCUT2D eigenvalue weighted by Gasteiger charge is 2.35. The van der Waals surface area contributed by atoms with Crippen LogP contribution in [0.3, 0.4) is 0 Å². The van der Waals surface area contributed by atoms with Gasteiger partial charge in [-0.05, 0) is 24.6 Å². The second-order valence-corrected chi connectivity index (χ2v) is 6.10. The van der Waals surface area contributed by atoms with E-state index in [9.17, 15) is 9.18 Å². The third-order valence-corrected chi connectivity index (χ3v) is 4.68. The maximum absolute atomic E-state index is 14.1. The van der Waals surface area contributed by atoms with Crippen LogP contribution in [0, 0.1) is 5.82 Å². The van der Waals surface area contributed by atoms with Gasteiger partial charge in [-0.15, -0.1) is 0 Å². The molecule has 4 rings (SSSR count). The molecule has 1 fully saturated rings. The van der Waals surface area contributed by atoms with Gasteiger partial charge in [0.25, 0.3) is 0 Å². The lowest BCUT2D eigenvalue weighted by Crippen LogP contribution is -2.26. The number of aromatic nitrogens is 1. The Morgan fingerprint density at radius 1 is 1.27 bits per heavy atom. The van der Waals surface area contributed by atoms with Crippen LogP contribution in [0.25, 0.3) is 11.3 Å². The number of methoxy groups -OCH3 is 1. The molecule has 0 spiro atoms. The summed E-state index contributed by atoms with van der Waals surface area (Å²) in [7, 11) is 1.56. The zero-order valence-corrected chi connectivity index (χ0v) is 14.2. The SMILES string of the molecule is COc1cc(N2CC[C@H](c3ccccc3F)C2=O)ccc1-c1cnco1. The Hall–Kier alpha value is -3.15. The van der Waals surface area contributed by atoms with Gasteiger partial charge in [-0.3, -0.25) is 4.79 Å². The molecule has 0 aliphatic carbocycles. The van der Waals surface area contributed by atoms with Crippen molar-refractivity contribution in [3.05, 3.63) is 66.4 Å². The lowest BCUT2D eigenvalue weighted by atomic mass is 9.97. The zero-order chi connectivity index (χ0) is 18.1. The van der Waals surface area contributed by atoms with Crippen LogP contribution in [-0.2, 0) is 4.79 Å². The molecule has 2 aromatic carbocycles. The van der Waals surface area contributed by atoms with Crippen LogP contribution in [-0.4, -0.2) is 24.5 Å². The molecule has 0 saturated carbocycles. The molecule has 6 heteroatoms. The van der Waals surface area contributed by atoms with Crippen LogP contribution in [0.4, 0.5) is 10.1 Å². The first-order valence-corrected chi connectivity index (χ1v) is 8.31. The van der Waals surface area contributed by atoms with Crippen molar-refractivity contribution in [3.8, 4) is 17.1 Å². The highest BCUT2D eigenvalue weighted by Crippen LogP contribution is 2.37. The number of carbonyl (C=O) groups excluding carboxylic acids is 1. The lowest BCUT2D eigenvalue weighted by molar-refractivity contribution is -0.118. The summed E-state index contributed by atoms with van der Waals surface area (Å²) in [5.74, 6) is 0.262. The summed E-state index contributed by atoms with van der Waals surface area (Å²) in [6, 6.07) is 11.9. The molecule has 3 aromatic rings. The predicted octanol–water partition coefficient (Wildman–Crippen LogP) is 4.01. The molecule has 1 amide bonds. The summed E-state index contributed by atoms with van der Waals surface area (Å²) < 4.78 is 24.8. The van der Waals surface area contributed by atoms with Crippen LogP contribution < -0.4 is 9.64 Å². The van der Waals surface area contributed by atoms with Crippen molar-refractivity contribution in [2.45, 2.75) is 12.3 Å². The van der Waals surface area contributed by atoms with Gasteiger partial charge in [0, 0.05) is 23.9 Å². The number of carbonyl (C=O) groups is 1. The predicted molar refractivity (Wildman–Crippen MR) is 94.6 cm³/mol. The molecular weight excluding hydrogens is 335 g/mol. The first-order valence-electron chi connectivity index (χ1n) is 8.31. The largest absolute Gasteiger partial charge is 0.496 e. The number of nitrogens with zero attached hydrogens (tertiary/aromatic N) is 2. The molecule has 0 bridgehead atoms. The smallest absolute Gasteiger partial charge is 0.234 e. The van der Waals surface area contributed by atoms with Crippen LogP contribution in [0.1, 0.15) is 17.9 Å². The van der Waals surface area contributed by atoms with Gasteiger partial charge in [-0.1, -0.05) is 18.2 Å². The van der Waals surface area contributed by atoms with Crippen molar-refractivity contribution in [3.63, 3.8) is 0 Å². The van der Waals surface area contributed by atoms with E-state index >= 15 is 0 Å². The van der Waals surface area contributed by atoms with Crippen LogP contribution in [0.15, 0.2) is 59.5 Å². The molecule has 1 aliphatic rings. The van der Waals surface area contributed by atoms with E-state index in [2.05, 4.69) is 4.98 Å². The number of hydrogen-bond donors (Lipinski definition) is 0. The van der Waals surface area contributed by atoms with E-state index in [1.807, 2.05) is 12.1 Å². The van der Waals surface area contributed by atoms with Crippen molar-refractivity contribution in [1.82, 2.24) is 4.98 Å². The van der Waals surface area contributed by atoms with Gasteiger partial charge in [-0.2, -0.15) is 0 Å². The Balaban J connectivity index is 1.64. The summed E-state index contributed by atoms with van der Waals surface area (Å²) in [6.07, 6.45) is 3.53. The average molecular weight is 352 g/mol. The van der Waals surface area contributed by atoms with E-state index in [0.29, 0.717) is 35.7 Å². The van der Waals surface area contributed by atoms with E-state index in [1.54, 1.807) is 42.5 Å². The molecule has 26 heavy (non-hydrogen) atoms. The van der Waals surface area contributed by atoms with Crippen molar-refractivity contribution in [2.75, 3.05) is 18.6 Å². The van der Waals surface area contributed by atoms with E-state index < -0.39 is 5.92 Å². The molecule has 0 unspecified atom stereocenters. The van der Waals surface area contributed by atoms with Gasteiger partial charge in [0.15, 0.2) is 12.2 Å². The average Bonchev–Trinajstić information content (AvgIpc) is 3.32. The Morgan fingerprint density at radius 3 is 2.85 bits per heavy atom. The molecule has 1 saturated heterocycles. The minimum atomic E-state index is -0.462. The van der Waals surface area contributed by atoms with Crippen molar-refractivity contribution in [2.24, 2.45) is 0 Å². The van der Waals surface area contributed by atoms with Gasteiger partial charge in [0.1, 0.15) is 11.6 Å². The maximum Gasteiger partial charge on any atom is 0.234 e. The van der Waals surface area contributed by atoms with Crippen LogP contribution in [0.5, 0.6) is 5.75 Å². The molecule has 1 atom stereocenters. The van der Waals surface area contributed by atoms with Gasteiger partial charge in [-0.25, -0.2) is 9.37 Å². The normalized spacial score (nSPS) is 16.9. The fourth-order valence-electron chi connectivity index (χ4n) is 3.38. The summed E-state index contributed by atoms with van der Waals surface area (Å²) in [5, 5.41) is 0. The molecule has 1 aromatic heterocycles. The molecule has 0 N–H and O–H groups in total. The number of anilines is 1. The number of amides is 1.